The third-order valence-corrected chi connectivity index (χ3v) is 5.67. The molecule has 140 valence electrons. The second-order valence-electron chi connectivity index (χ2n) is 7.37. The van der Waals surface area contributed by atoms with Crippen LogP contribution >= 0.6 is 0 Å². The van der Waals surface area contributed by atoms with E-state index in [0.717, 1.165) is 55.9 Å². The lowest BCUT2D eigenvalue weighted by molar-refractivity contribution is 0.143. The fourth-order valence-corrected chi connectivity index (χ4v) is 4.48. The molecule has 29 heavy (non-hydrogen) atoms. The molecule has 1 heterocycles. The molecule has 0 spiro atoms. The van der Waals surface area contributed by atoms with E-state index in [1.54, 1.807) is 0 Å². The van der Waals surface area contributed by atoms with Crippen LogP contribution in [0.5, 0.6) is 17.2 Å². The molecule has 1 aliphatic carbocycles. The van der Waals surface area contributed by atoms with Gasteiger partial charge in [-0.05, 0) is 40.8 Å². The molecule has 1 atom stereocenters. The summed E-state index contributed by atoms with van der Waals surface area (Å²) in [5, 5.41) is 13.2. The zero-order valence-electron chi connectivity index (χ0n) is 15.6. The molecule has 0 bridgehead atoms. The summed E-state index contributed by atoms with van der Waals surface area (Å²) in [6.07, 6.45) is -0.680. The zero-order chi connectivity index (χ0) is 19.4. The quantitative estimate of drug-likeness (QED) is 0.500. The lowest BCUT2D eigenvalue weighted by Crippen LogP contribution is -2.24. The smallest absolute Gasteiger partial charge is 0.135 e. The van der Waals surface area contributed by atoms with Crippen LogP contribution in [0, 0.1) is 0 Å². The van der Waals surface area contributed by atoms with E-state index < -0.39 is 6.10 Å². The van der Waals surface area contributed by atoms with Crippen molar-refractivity contribution < 1.29 is 14.6 Å². The van der Waals surface area contributed by atoms with Gasteiger partial charge < -0.3 is 14.6 Å². The largest absolute Gasteiger partial charge is 0.490 e. The number of benzene rings is 4. The van der Waals surface area contributed by atoms with E-state index in [-0.39, 0.29) is 6.61 Å². The highest BCUT2D eigenvalue weighted by Gasteiger charge is 2.36. The molecule has 0 saturated heterocycles. The Hall–Kier alpha value is -3.56. The van der Waals surface area contributed by atoms with E-state index in [0.29, 0.717) is 0 Å². The molecule has 1 aliphatic heterocycles. The monoisotopic (exact) mass is 378 g/mol. The Balaban J connectivity index is 1.62. The summed E-state index contributed by atoms with van der Waals surface area (Å²) in [5.41, 5.74) is 5.06. The van der Waals surface area contributed by atoms with Crippen molar-refractivity contribution in [3.63, 3.8) is 0 Å². The molecule has 1 unspecified atom stereocenters. The van der Waals surface area contributed by atoms with Gasteiger partial charge in [-0.15, -0.1) is 0 Å². The van der Waals surface area contributed by atoms with Gasteiger partial charge in [0.1, 0.15) is 30.0 Å². The third-order valence-electron chi connectivity index (χ3n) is 5.67. The maximum atomic E-state index is 10.9. The normalized spacial score (nSPS) is 16.8. The fourth-order valence-electron chi connectivity index (χ4n) is 4.48. The highest BCUT2D eigenvalue weighted by atomic mass is 16.5. The number of rotatable bonds is 3. The molecule has 0 amide bonds. The van der Waals surface area contributed by atoms with Gasteiger partial charge in [0.25, 0.3) is 0 Å². The molecule has 0 aromatic heterocycles. The summed E-state index contributed by atoms with van der Waals surface area (Å²) in [5.74, 6) is 2.39. The molecule has 0 fully saturated rings. The van der Waals surface area contributed by atoms with E-state index in [4.69, 9.17) is 9.47 Å². The van der Waals surface area contributed by atoms with Crippen molar-refractivity contribution in [1.82, 2.24) is 0 Å². The molecule has 0 radical (unpaired) electrons. The SMILES string of the molecule is OC1COc2ccc3cccc4c3c2C1=C4c1ccccc1Oc1ccccc1. The molecular weight excluding hydrogens is 360 g/mol. The van der Waals surface area contributed by atoms with Gasteiger partial charge >= 0.3 is 0 Å². The molecule has 6 rings (SSSR count). The second kappa shape index (κ2) is 6.23. The van der Waals surface area contributed by atoms with E-state index in [2.05, 4.69) is 30.3 Å². The number of ether oxygens (including phenoxy) is 2. The summed E-state index contributed by atoms with van der Waals surface area (Å²) >= 11 is 0. The summed E-state index contributed by atoms with van der Waals surface area (Å²) in [6, 6.07) is 28.2. The van der Waals surface area contributed by atoms with Gasteiger partial charge in [-0.1, -0.05) is 60.7 Å². The summed E-state index contributed by atoms with van der Waals surface area (Å²) in [6.45, 7) is 0.257. The van der Waals surface area contributed by atoms with Crippen molar-refractivity contribution in [2.24, 2.45) is 0 Å². The number of aliphatic hydroxyl groups excluding tert-OH is 1. The maximum Gasteiger partial charge on any atom is 0.135 e. The van der Waals surface area contributed by atoms with Crippen LogP contribution in [0.3, 0.4) is 0 Å². The highest BCUT2D eigenvalue weighted by molar-refractivity contribution is 6.20. The first-order valence-corrected chi connectivity index (χ1v) is 9.75. The van der Waals surface area contributed by atoms with Crippen LogP contribution in [-0.4, -0.2) is 17.8 Å². The Labute approximate surface area is 168 Å². The van der Waals surface area contributed by atoms with Crippen LogP contribution in [-0.2, 0) is 0 Å². The lowest BCUT2D eigenvalue weighted by Gasteiger charge is -2.25. The predicted octanol–water partition coefficient (Wildman–Crippen LogP) is 5.66. The molecule has 3 nitrogen and oxygen atoms in total. The van der Waals surface area contributed by atoms with E-state index in [1.165, 1.54) is 0 Å². The van der Waals surface area contributed by atoms with Crippen molar-refractivity contribution in [2.45, 2.75) is 6.10 Å². The van der Waals surface area contributed by atoms with Gasteiger partial charge in [0.15, 0.2) is 0 Å². The van der Waals surface area contributed by atoms with E-state index >= 15 is 0 Å². The minimum Gasteiger partial charge on any atom is -0.490 e. The Bertz CT molecular complexity index is 1290. The Morgan fingerprint density at radius 1 is 0.793 bits per heavy atom. The van der Waals surface area contributed by atoms with Gasteiger partial charge in [0.05, 0.1) is 0 Å². The lowest BCUT2D eigenvalue weighted by atomic mass is 9.92. The Morgan fingerprint density at radius 3 is 2.48 bits per heavy atom. The molecular formula is C26H18O3. The predicted molar refractivity (Wildman–Crippen MR) is 114 cm³/mol. The molecule has 3 heteroatoms. The number of aliphatic hydroxyl groups is 1. The van der Waals surface area contributed by atoms with Gasteiger partial charge in [-0.2, -0.15) is 0 Å². The van der Waals surface area contributed by atoms with Crippen molar-refractivity contribution in [3.05, 3.63) is 102 Å². The van der Waals surface area contributed by atoms with E-state index in [1.807, 2.05) is 54.6 Å². The molecule has 4 aromatic carbocycles. The fraction of sp³-hybridized carbons (Fsp3) is 0.0769. The average molecular weight is 378 g/mol. The van der Waals surface area contributed by atoms with Crippen LogP contribution in [0.2, 0.25) is 0 Å². The highest BCUT2D eigenvalue weighted by Crippen LogP contribution is 2.53. The van der Waals surface area contributed by atoms with Crippen molar-refractivity contribution in [2.75, 3.05) is 6.61 Å². The standard InChI is InChI=1S/C26H18O3/c27-20-15-28-22-14-13-16-7-6-11-19-23(16)26(22)25(20)24(19)18-10-4-5-12-21(18)29-17-8-2-1-3-9-17/h1-14,20,27H,15H2. The van der Waals surface area contributed by atoms with Gasteiger partial charge in [-0.3, -0.25) is 0 Å². The van der Waals surface area contributed by atoms with Crippen LogP contribution in [0.1, 0.15) is 16.7 Å². The van der Waals surface area contributed by atoms with Crippen molar-refractivity contribution in [3.8, 4) is 17.2 Å². The van der Waals surface area contributed by atoms with Gasteiger partial charge in [0.2, 0.25) is 0 Å². The summed E-state index contributed by atoms with van der Waals surface area (Å²) < 4.78 is 12.1. The van der Waals surface area contributed by atoms with Gasteiger partial charge in [0, 0.05) is 22.1 Å². The Kier molecular flexibility index (Phi) is 3.52. The van der Waals surface area contributed by atoms with Gasteiger partial charge in [-0.25, -0.2) is 0 Å². The first kappa shape index (κ1) is 16.4. The number of hydrogen-bond donors (Lipinski definition) is 1. The number of hydrogen-bond acceptors (Lipinski definition) is 3. The molecule has 4 aromatic rings. The first-order valence-electron chi connectivity index (χ1n) is 9.75. The summed E-state index contributed by atoms with van der Waals surface area (Å²) in [4.78, 5) is 0. The van der Waals surface area contributed by atoms with Crippen molar-refractivity contribution in [1.29, 1.82) is 0 Å². The van der Waals surface area contributed by atoms with E-state index in [9.17, 15) is 5.11 Å². The second-order valence-corrected chi connectivity index (χ2v) is 7.37. The molecule has 0 saturated carbocycles. The minimum absolute atomic E-state index is 0.257. The zero-order valence-corrected chi connectivity index (χ0v) is 15.6. The average Bonchev–Trinajstić information content (AvgIpc) is 3.12. The number of para-hydroxylation sites is 2. The maximum absolute atomic E-state index is 10.9. The van der Waals surface area contributed by atoms with Crippen LogP contribution in [0.4, 0.5) is 0 Å². The summed E-state index contributed by atoms with van der Waals surface area (Å²) in [7, 11) is 0. The van der Waals surface area contributed by atoms with Crippen LogP contribution in [0.15, 0.2) is 84.9 Å². The minimum atomic E-state index is -0.680. The Morgan fingerprint density at radius 2 is 1.59 bits per heavy atom. The molecule has 2 aliphatic rings. The van der Waals surface area contributed by atoms with Crippen LogP contribution < -0.4 is 9.47 Å². The third kappa shape index (κ3) is 2.41. The molecule has 1 N–H and O–H groups in total. The topological polar surface area (TPSA) is 38.7 Å². The van der Waals surface area contributed by atoms with Crippen molar-refractivity contribution >= 4 is 21.9 Å². The first-order chi connectivity index (χ1) is 14.3. The van der Waals surface area contributed by atoms with Crippen LogP contribution in [0.25, 0.3) is 21.9 Å².